The first kappa shape index (κ1) is 15.1. The van der Waals surface area contributed by atoms with Gasteiger partial charge in [0.1, 0.15) is 5.75 Å². The second-order valence-electron chi connectivity index (χ2n) is 4.00. The second kappa shape index (κ2) is 6.90. The molecule has 0 spiro atoms. The monoisotopic (exact) mass is 361 g/mol. The van der Waals surface area contributed by atoms with Crippen LogP contribution in [0.15, 0.2) is 46.9 Å². The molecule has 20 heavy (non-hydrogen) atoms. The molecule has 0 aliphatic rings. The number of rotatable bonds is 5. The van der Waals surface area contributed by atoms with Crippen molar-refractivity contribution in [3.05, 3.63) is 57.5 Å². The lowest BCUT2D eigenvalue weighted by Crippen LogP contribution is -2.03. The first-order valence-electron chi connectivity index (χ1n) is 5.77. The maximum atomic E-state index is 12.0. The first-order chi connectivity index (χ1) is 9.54. The van der Waals surface area contributed by atoms with Gasteiger partial charge < -0.3 is 10.1 Å². The van der Waals surface area contributed by atoms with Crippen LogP contribution in [0.4, 0.5) is 14.5 Å². The molecule has 0 aliphatic heterocycles. The van der Waals surface area contributed by atoms with Crippen LogP contribution in [0.25, 0.3) is 0 Å². The minimum atomic E-state index is -2.80. The first-order valence-corrected chi connectivity index (χ1v) is 6.94. The van der Waals surface area contributed by atoms with Crippen LogP contribution in [-0.4, -0.2) is 6.61 Å². The van der Waals surface area contributed by atoms with Gasteiger partial charge in [-0.15, -0.1) is 0 Å². The molecule has 6 heteroatoms. The lowest BCUT2D eigenvalue weighted by atomic mass is 10.2. The maximum absolute atomic E-state index is 12.0. The van der Waals surface area contributed by atoms with Gasteiger partial charge in [-0.25, -0.2) is 0 Å². The van der Waals surface area contributed by atoms with Gasteiger partial charge in [0.25, 0.3) is 0 Å². The summed E-state index contributed by atoms with van der Waals surface area (Å²) in [6, 6.07) is 11.9. The van der Waals surface area contributed by atoms with E-state index < -0.39 is 6.61 Å². The molecule has 0 aliphatic carbocycles. The molecule has 0 radical (unpaired) electrons. The molecule has 2 nitrogen and oxygen atoms in total. The number of nitrogens with one attached hydrogen (secondary N) is 1. The molecule has 2 aromatic rings. The van der Waals surface area contributed by atoms with Gasteiger partial charge in [-0.05, 0) is 51.8 Å². The second-order valence-corrected chi connectivity index (χ2v) is 5.29. The average Bonchev–Trinajstić information content (AvgIpc) is 2.39. The molecule has 1 N–H and O–H groups in total. The third-order valence-electron chi connectivity index (χ3n) is 2.56. The van der Waals surface area contributed by atoms with Crippen molar-refractivity contribution in [2.45, 2.75) is 13.2 Å². The Hall–Kier alpha value is -1.33. The molecule has 0 bridgehead atoms. The maximum Gasteiger partial charge on any atom is 0.387 e. The molecule has 0 saturated heterocycles. The van der Waals surface area contributed by atoms with Crippen molar-refractivity contribution >= 4 is 33.2 Å². The predicted molar refractivity (Wildman–Crippen MR) is 79.6 cm³/mol. The summed E-state index contributed by atoms with van der Waals surface area (Å²) < 4.78 is 29.2. The third kappa shape index (κ3) is 4.35. The van der Waals surface area contributed by atoms with Gasteiger partial charge in [-0.3, -0.25) is 0 Å². The van der Waals surface area contributed by atoms with Crippen LogP contribution < -0.4 is 10.1 Å². The summed E-state index contributed by atoms with van der Waals surface area (Å²) in [6.07, 6.45) is 0. The minimum Gasteiger partial charge on any atom is -0.435 e. The number of hydrogen-bond acceptors (Lipinski definition) is 2. The Balaban J connectivity index is 1.96. The van der Waals surface area contributed by atoms with Crippen LogP contribution in [0.2, 0.25) is 5.02 Å². The van der Waals surface area contributed by atoms with Crippen LogP contribution in [0.3, 0.4) is 0 Å². The molecule has 0 saturated carbocycles. The van der Waals surface area contributed by atoms with Crippen molar-refractivity contribution in [3.63, 3.8) is 0 Å². The topological polar surface area (TPSA) is 21.3 Å². The molecule has 0 unspecified atom stereocenters. The van der Waals surface area contributed by atoms with E-state index in [-0.39, 0.29) is 5.75 Å². The SMILES string of the molecule is FC(F)Oc1ccc(CNc2ccc(Cl)cc2Br)cc1. The number of halogens is 4. The third-order valence-corrected chi connectivity index (χ3v) is 3.45. The van der Waals surface area contributed by atoms with Gasteiger partial charge in [0.15, 0.2) is 0 Å². The predicted octanol–water partition coefficient (Wildman–Crippen LogP) is 5.32. The Morgan fingerprint density at radius 2 is 1.85 bits per heavy atom. The Kier molecular flexibility index (Phi) is 5.20. The molecule has 0 aromatic heterocycles. The quantitative estimate of drug-likeness (QED) is 0.777. The number of benzene rings is 2. The van der Waals surface area contributed by atoms with Crippen molar-refractivity contribution < 1.29 is 13.5 Å². The van der Waals surface area contributed by atoms with Crippen LogP contribution >= 0.6 is 27.5 Å². The number of alkyl halides is 2. The molecular weight excluding hydrogens is 352 g/mol. The highest BCUT2D eigenvalue weighted by Gasteiger charge is 2.04. The Bertz CT molecular complexity index is 578. The summed E-state index contributed by atoms with van der Waals surface area (Å²) in [6.45, 7) is -2.24. The van der Waals surface area contributed by atoms with E-state index >= 15 is 0 Å². The molecular formula is C14H11BrClF2NO. The summed E-state index contributed by atoms with van der Waals surface area (Å²) in [5.74, 6) is 0.149. The summed E-state index contributed by atoms with van der Waals surface area (Å²) in [5, 5.41) is 3.87. The van der Waals surface area contributed by atoms with Gasteiger partial charge in [0.05, 0.1) is 0 Å². The van der Waals surface area contributed by atoms with Crippen molar-refractivity contribution in [1.82, 2.24) is 0 Å². The molecule has 0 atom stereocenters. The molecule has 2 aromatic carbocycles. The van der Waals surface area contributed by atoms with Gasteiger partial charge in [-0.2, -0.15) is 8.78 Å². The van der Waals surface area contributed by atoms with Crippen LogP contribution in [0.1, 0.15) is 5.56 Å². The fraction of sp³-hybridized carbons (Fsp3) is 0.143. The Morgan fingerprint density at radius 1 is 1.15 bits per heavy atom. The normalized spacial score (nSPS) is 10.7. The Labute approximate surface area is 128 Å². The van der Waals surface area contributed by atoms with E-state index in [9.17, 15) is 8.78 Å². The lowest BCUT2D eigenvalue weighted by Gasteiger charge is -2.10. The van der Waals surface area contributed by atoms with E-state index in [1.165, 1.54) is 12.1 Å². The highest BCUT2D eigenvalue weighted by atomic mass is 79.9. The standard InChI is InChI=1S/C14H11BrClF2NO/c15-12-7-10(16)3-6-13(12)19-8-9-1-4-11(5-2-9)20-14(17)18/h1-7,14,19H,8H2. The number of ether oxygens (including phenoxy) is 1. The van der Waals surface area contributed by atoms with Crippen LogP contribution in [0.5, 0.6) is 5.75 Å². The molecule has 2 rings (SSSR count). The van der Waals surface area contributed by atoms with Gasteiger partial charge in [0.2, 0.25) is 0 Å². The van der Waals surface area contributed by atoms with Crippen molar-refractivity contribution in [3.8, 4) is 5.75 Å². The zero-order valence-corrected chi connectivity index (χ0v) is 12.6. The van der Waals surface area contributed by atoms with E-state index in [1.54, 1.807) is 24.3 Å². The van der Waals surface area contributed by atoms with E-state index in [2.05, 4.69) is 26.0 Å². The van der Waals surface area contributed by atoms with E-state index in [0.29, 0.717) is 11.6 Å². The van der Waals surface area contributed by atoms with Gasteiger partial charge >= 0.3 is 6.61 Å². The summed E-state index contributed by atoms with van der Waals surface area (Å²) in [7, 11) is 0. The molecule has 0 heterocycles. The van der Waals surface area contributed by atoms with E-state index in [1.807, 2.05) is 6.07 Å². The van der Waals surface area contributed by atoms with Crippen LogP contribution in [-0.2, 0) is 6.54 Å². The zero-order valence-electron chi connectivity index (χ0n) is 10.2. The number of hydrogen-bond donors (Lipinski definition) is 1. The van der Waals surface area contributed by atoms with Crippen molar-refractivity contribution in [1.29, 1.82) is 0 Å². The zero-order chi connectivity index (χ0) is 14.5. The van der Waals surface area contributed by atoms with Crippen molar-refractivity contribution in [2.24, 2.45) is 0 Å². The molecule has 106 valence electrons. The minimum absolute atomic E-state index is 0.149. The molecule has 0 fully saturated rings. The summed E-state index contributed by atoms with van der Waals surface area (Å²) in [4.78, 5) is 0. The molecule has 0 amide bonds. The van der Waals surface area contributed by atoms with Crippen molar-refractivity contribution in [2.75, 3.05) is 5.32 Å². The van der Waals surface area contributed by atoms with Crippen LogP contribution in [0, 0.1) is 0 Å². The largest absolute Gasteiger partial charge is 0.435 e. The highest BCUT2D eigenvalue weighted by Crippen LogP contribution is 2.26. The summed E-state index contributed by atoms with van der Waals surface area (Å²) >= 11 is 9.27. The smallest absolute Gasteiger partial charge is 0.387 e. The number of anilines is 1. The Morgan fingerprint density at radius 3 is 2.45 bits per heavy atom. The lowest BCUT2D eigenvalue weighted by molar-refractivity contribution is -0.0498. The van der Waals surface area contributed by atoms with E-state index in [0.717, 1.165) is 15.7 Å². The highest BCUT2D eigenvalue weighted by molar-refractivity contribution is 9.10. The average molecular weight is 363 g/mol. The summed E-state index contributed by atoms with van der Waals surface area (Å²) in [5.41, 5.74) is 1.86. The fourth-order valence-electron chi connectivity index (χ4n) is 1.62. The van der Waals surface area contributed by atoms with Gasteiger partial charge in [0, 0.05) is 21.7 Å². The van der Waals surface area contributed by atoms with Gasteiger partial charge in [-0.1, -0.05) is 23.7 Å². The van der Waals surface area contributed by atoms with E-state index in [4.69, 9.17) is 11.6 Å². The fourth-order valence-corrected chi connectivity index (χ4v) is 2.44.